The number of aromatic amines is 1. The Morgan fingerprint density at radius 2 is 2.60 bits per heavy atom. The first-order chi connectivity index (χ1) is 4.68. The maximum Gasteiger partial charge on any atom is 0.311 e. The Balaban J connectivity index is 2.67. The van der Waals surface area contributed by atoms with Crippen molar-refractivity contribution in [3.05, 3.63) is 16.6 Å². The lowest BCUT2D eigenvalue weighted by Gasteiger charge is -1.86. The topological polar surface area (TPSA) is 66.0 Å². The first-order valence-electron chi connectivity index (χ1n) is 2.59. The summed E-state index contributed by atoms with van der Waals surface area (Å²) in [6.45, 7) is 0. The molecule has 0 radical (unpaired) electrons. The van der Waals surface area contributed by atoms with E-state index in [1.165, 1.54) is 6.20 Å². The summed E-state index contributed by atoms with van der Waals surface area (Å²) >= 11 is 3.11. The number of aromatic nitrogens is 2. The summed E-state index contributed by atoms with van der Waals surface area (Å²) in [6.07, 6.45) is 1.46. The molecule has 2 N–H and O–H groups in total. The van der Waals surface area contributed by atoms with E-state index < -0.39 is 5.97 Å². The summed E-state index contributed by atoms with van der Waals surface area (Å²) in [7, 11) is 0. The van der Waals surface area contributed by atoms with Gasteiger partial charge in [0.2, 0.25) is 0 Å². The standard InChI is InChI=1S/C5H5BrN2O2/c6-3-2-7-4(8-3)1-5(9)10/h2H,1H2,(H,7,8)(H,9,10). The van der Waals surface area contributed by atoms with Gasteiger partial charge in [0.05, 0.1) is 6.20 Å². The van der Waals surface area contributed by atoms with Gasteiger partial charge in [-0.05, 0) is 15.9 Å². The number of carbonyl (C=O) groups is 1. The van der Waals surface area contributed by atoms with E-state index in [0.29, 0.717) is 10.4 Å². The highest BCUT2D eigenvalue weighted by Crippen LogP contribution is 2.04. The molecule has 0 saturated heterocycles. The van der Waals surface area contributed by atoms with Crippen LogP contribution in [0.15, 0.2) is 10.8 Å². The van der Waals surface area contributed by atoms with Gasteiger partial charge in [0.15, 0.2) is 0 Å². The van der Waals surface area contributed by atoms with Crippen molar-refractivity contribution in [1.29, 1.82) is 0 Å². The molecule has 54 valence electrons. The van der Waals surface area contributed by atoms with Crippen LogP contribution in [0.3, 0.4) is 0 Å². The summed E-state index contributed by atoms with van der Waals surface area (Å²) < 4.78 is 0.698. The number of nitrogens with one attached hydrogen (secondary N) is 1. The molecule has 0 atom stereocenters. The number of halogens is 1. The van der Waals surface area contributed by atoms with Crippen molar-refractivity contribution in [2.75, 3.05) is 0 Å². The van der Waals surface area contributed by atoms with Crippen LogP contribution in [0, 0.1) is 0 Å². The highest BCUT2D eigenvalue weighted by Gasteiger charge is 2.02. The smallest absolute Gasteiger partial charge is 0.311 e. The van der Waals surface area contributed by atoms with E-state index in [-0.39, 0.29) is 6.42 Å². The van der Waals surface area contributed by atoms with E-state index in [1.807, 2.05) is 0 Å². The third-order valence-electron chi connectivity index (χ3n) is 0.916. The largest absolute Gasteiger partial charge is 0.481 e. The number of hydrogen-bond donors (Lipinski definition) is 2. The Kier molecular flexibility index (Phi) is 2.06. The lowest BCUT2D eigenvalue weighted by Crippen LogP contribution is -2.01. The first kappa shape index (κ1) is 7.27. The van der Waals surface area contributed by atoms with Crippen LogP contribution in [0.2, 0.25) is 0 Å². The van der Waals surface area contributed by atoms with Crippen molar-refractivity contribution in [1.82, 2.24) is 9.97 Å². The van der Waals surface area contributed by atoms with Gasteiger partial charge in [0, 0.05) is 0 Å². The molecule has 0 aliphatic rings. The molecule has 0 unspecified atom stereocenters. The predicted octanol–water partition coefficient (Wildman–Crippen LogP) is 0.799. The third-order valence-corrected chi connectivity index (χ3v) is 1.32. The Morgan fingerprint density at radius 3 is 3.00 bits per heavy atom. The zero-order chi connectivity index (χ0) is 7.56. The van der Waals surface area contributed by atoms with Crippen LogP contribution >= 0.6 is 15.9 Å². The van der Waals surface area contributed by atoms with Gasteiger partial charge in [-0.2, -0.15) is 0 Å². The molecular weight excluding hydrogens is 200 g/mol. The summed E-state index contributed by atoms with van der Waals surface area (Å²) in [5, 5.41) is 8.30. The van der Waals surface area contributed by atoms with E-state index in [0.717, 1.165) is 0 Å². The summed E-state index contributed by atoms with van der Waals surface area (Å²) in [6, 6.07) is 0. The van der Waals surface area contributed by atoms with Gasteiger partial charge in [0.25, 0.3) is 0 Å². The van der Waals surface area contributed by atoms with Crippen LogP contribution < -0.4 is 0 Å². The lowest BCUT2D eigenvalue weighted by molar-refractivity contribution is -0.136. The van der Waals surface area contributed by atoms with Crippen molar-refractivity contribution in [2.45, 2.75) is 6.42 Å². The number of nitrogens with zero attached hydrogens (tertiary/aromatic N) is 1. The fraction of sp³-hybridized carbons (Fsp3) is 0.200. The van der Waals surface area contributed by atoms with Gasteiger partial charge >= 0.3 is 5.97 Å². The fourth-order valence-electron chi connectivity index (χ4n) is 0.570. The molecule has 5 heteroatoms. The van der Waals surface area contributed by atoms with Crippen LogP contribution in [0.4, 0.5) is 0 Å². The number of H-pyrrole nitrogens is 1. The highest BCUT2D eigenvalue weighted by molar-refractivity contribution is 9.10. The van der Waals surface area contributed by atoms with E-state index >= 15 is 0 Å². The van der Waals surface area contributed by atoms with Crippen molar-refractivity contribution in [2.24, 2.45) is 0 Å². The van der Waals surface area contributed by atoms with Gasteiger partial charge in [-0.3, -0.25) is 4.79 Å². The molecule has 0 saturated carbocycles. The minimum absolute atomic E-state index is 0.0639. The van der Waals surface area contributed by atoms with Crippen LogP contribution in [0.5, 0.6) is 0 Å². The highest BCUT2D eigenvalue weighted by atomic mass is 79.9. The molecule has 0 aromatic carbocycles. The second kappa shape index (κ2) is 2.83. The number of carboxylic acid groups (broad SMARTS) is 1. The second-order valence-corrected chi connectivity index (χ2v) is 2.60. The number of hydrogen-bond acceptors (Lipinski definition) is 2. The number of carboxylic acids is 1. The maximum atomic E-state index is 10.1. The molecule has 1 aromatic heterocycles. The molecule has 0 fully saturated rings. The quantitative estimate of drug-likeness (QED) is 0.750. The van der Waals surface area contributed by atoms with Crippen molar-refractivity contribution >= 4 is 21.9 Å². The molecule has 0 bridgehead atoms. The molecule has 4 nitrogen and oxygen atoms in total. The molecule has 0 aliphatic heterocycles. The Morgan fingerprint density at radius 1 is 1.90 bits per heavy atom. The third kappa shape index (κ3) is 1.84. The molecule has 0 aliphatic carbocycles. The molecular formula is C5H5BrN2O2. The normalized spacial score (nSPS) is 9.70. The maximum absolute atomic E-state index is 10.1. The SMILES string of the molecule is O=C(O)Cc1ncc(Br)[nH]1. The molecule has 1 aromatic rings. The van der Waals surface area contributed by atoms with Crippen LogP contribution in [-0.2, 0) is 11.2 Å². The molecule has 0 spiro atoms. The molecule has 0 amide bonds. The minimum atomic E-state index is -0.887. The fourth-order valence-corrected chi connectivity index (χ4v) is 0.901. The summed E-state index contributed by atoms with van der Waals surface area (Å²) in [5.74, 6) is -0.429. The average Bonchev–Trinajstić information content (AvgIpc) is 2.13. The second-order valence-electron chi connectivity index (χ2n) is 1.75. The minimum Gasteiger partial charge on any atom is -0.481 e. The zero-order valence-electron chi connectivity index (χ0n) is 4.97. The monoisotopic (exact) mass is 204 g/mol. The predicted molar refractivity (Wildman–Crippen MR) is 37.6 cm³/mol. The van der Waals surface area contributed by atoms with Crippen molar-refractivity contribution < 1.29 is 9.90 Å². The molecule has 1 rings (SSSR count). The summed E-state index contributed by atoms with van der Waals surface area (Å²) in [5.41, 5.74) is 0. The first-order valence-corrected chi connectivity index (χ1v) is 3.39. The van der Waals surface area contributed by atoms with E-state index in [2.05, 4.69) is 25.9 Å². The van der Waals surface area contributed by atoms with E-state index in [1.54, 1.807) is 0 Å². The Bertz CT molecular complexity index is 246. The number of rotatable bonds is 2. The van der Waals surface area contributed by atoms with Gasteiger partial charge < -0.3 is 10.1 Å². The van der Waals surface area contributed by atoms with Crippen molar-refractivity contribution in [3.8, 4) is 0 Å². The average molecular weight is 205 g/mol. The van der Waals surface area contributed by atoms with Crippen LogP contribution in [-0.4, -0.2) is 21.0 Å². The lowest BCUT2D eigenvalue weighted by atomic mass is 10.4. The summed E-state index contributed by atoms with van der Waals surface area (Å²) in [4.78, 5) is 16.6. The van der Waals surface area contributed by atoms with Crippen LogP contribution in [0.25, 0.3) is 0 Å². The van der Waals surface area contributed by atoms with Crippen LogP contribution in [0.1, 0.15) is 5.82 Å². The van der Waals surface area contributed by atoms with Gasteiger partial charge in [-0.1, -0.05) is 0 Å². The van der Waals surface area contributed by atoms with Gasteiger partial charge in [-0.25, -0.2) is 4.98 Å². The Hall–Kier alpha value is -0.840. The Labute approximate surface area is 65.4 Å². The zero-order valence-corrected chi connectivity index (χ0v) is 6.55. The molecule has 1 heterocycles. The van der Waals surface area contributed by atoms with E-state index in [9.17, 15) is 4.79 Å². The van der Waals surface area contributed by atoms with E-state index in [4.69, 9.17) is 5.11 Å². The number of imidazole rings is 1. The van der Waals surface area contributed by atoms with Crippen molar-refractivity contribution in [3.63, 3.8) is 0 Å². The number of aliphatic carboxylic acids is 1. The molecule has 10 heavy (non-hydrogen) atoms. The van der Waals surface area contributed by atoms with Gasteiger partial charge in [0.1, 0.15) is 16.8 Å². The van der Waals surface area contributed by atoms with Gasteiger partial charge in [-0.15, -0.1) is 0 Å².